The Morgan fingerprint density at radius 1 is 1.38 bits per heavy atom. The fourth-order valence-electron chi connectivity index (χ4n) is 2.93. The van der Waals surface area contributed by atoms with Crippen molar-refractivity contribution in [3.63, 3.8) is 0 Å². The number of halogens is 1. The summed E-state index contributed by atoms with van der Waals surface area (Å²) in [5.74, 6) is -0.0128. The largest absolute Gasteiger partial charge is 0.444 e. The van der Waals surface area contributed by atoms with Crippen LogP contribution < -0.4 is 16.0 Å². The van der Waals surface area contributed by atoms with E-state index in [1.165, 1.54) is 0 Å². The van der Waals surface area contributed by atoms with Gasteiger partial charge in [0.05, 0.1) is 12.1 Å². The van der Waals surface area contributed by atoms with Crippen LogP contribution in [0.25, 0.3) is 0 Å². The number of ether oxygens (including phenoxy) is 1. The first-order chi connectivity index (χ1) is 12.2. The van der Waals surface area contributed by atoms with Gasteiger partial charge in [-0.1, -0.05) is 17.7 Å². The van der Waals surface area contributed by atoms with E-state index in [9.17, 15) is 9.59 Å². The predicted molar refractivity (Wildman–Crippen MR) is 102 cm³/mol. The van der Waals surface area contributed by atoms with Crippen molar-refractivity contribution in [3.8, 4) is 0 Å². The molecule has 1 unspecified atom stereocenters. The molecule has 0 spiro atoms. The van der Waals surface area contributed by atoms with Crippen molar-refractivity contribution in [2.45, 2.75) is 64.8 Å². The molecule has 1 aliphatic rings. The molecule has 0 saturated carbocycles. The van der Waals surface area contributed by atoms with Gasteiger partial charge in [-0.15, -0.1) is 0 Å². The van der Waals surface area contributed by atoms with E-state index in [0.29, 0.717) is 11.6 Å². The van der Waals surface area contributed by atoms with E-state index in [1.54, 1.807) is 6.07 Å². The van der Waals surface area contributed by atoms with Crippen molar-refractivity contribution in [1.82, 2.24) is 16.0 Å². The van der Waals surface area contributed by atoms with Crippen LogP contribution in [0.4, 0.5) is 4.79 Å². The Kier molecular flexibility index (Phi) is 6.89. The van der Waals surface area contributed by atoms with Gasteiger partial charge in [-0.2, -0.15) is 0 Å². The number of benzene rings is 1. The molecule has 7 heteroatoms. The molecule has 1 aliphatic heterocycles. The molecule has 1 heterocycles. The molecule has 0 bridgehead atoms. The van der Waals surface area contributed by atoms with Gasteiger partial charge in [-0.3, -0.25) is 4.79 Å². The van der Waals surface area contributed by atoms with Crippen molar-refractivity contribution in [3.05, 3.63) is 34.3 Å². The van der Waals surface area contributed by atoms with Crippen molar-refractivity contribution in [1.29, 1.82) is 0 Å². The Labute approximate surface area is 160 Å². The Bertz CT molecular complexity index is 652. The van der Waals surface area contributed by atoms with E-state index < -0.39 is 11.7 Å². The van der Waals surface area contributed by atoms with Gasteiger partial charge in [0, 0.05) is 11.6 Å². The lowest BCUT2D eigenvalue weighted by Crippen LogP contribution is -2.40. The van der Waals surface area contributed by atoms with Crippen molar-refractivity contribution in [2.75, 3.05) is 6.54 Å². The molecule has 0 radical (unpaired) electrons. The van der Waals surface area contributed by atoms with Gasteiger partial charge >= 0.3 is 6.09 Å². The van der Waals surface area contributed by atoms with Gasteiger partial charge in [0.2, 0.25) is 5.91 Å². The van der Waals surface area contributed by atoms with E-state index >= 15 is 0 Å². The maximum absolute atomic E-state index is 12.2. The summed E-state index contributed by atoms with van der Waals surface area (Å²) in [4.78, 5) is 24.2. The summed E-state index contributed by atoms with van der Waals surface area (Å²) < 4.78 is 5.31. The Hall–Kier alpha value is -1.79. The van der Waals surface area contributed by atoms with Crippen LogP contribution in [-0.2, 0) is 16.1 Å². The highest BCUT2D eigenvalue weighted by atomic mass is 35.5. The Balaban J connectivity index is 2.03. The van der Waals surface area contributed by atoms with Gasteiger partial charge in [0.25, 0.3) is 0 Å². The lowest BCUT2D eigenvalue weighted by molar-refractivity contribution is -0.122. The molecule has 1 fully saturated rings. The van der Waals surface area contributed by atoms with E-state index in [-0.39, 0.29) is 18.0 Å². The highest BCUT2D eigenvalue weighted by Crippen LogP contribution is 2.23. The van der Waals surface area contributed by atoms with Crippen molar-refractivity contribution in [2.24, 2.45) is 0 Å². The molecule has 6 nitrogen and oxygen atoms in total. The second-order valence-electron chi connectivity index (χ2n) is 7.58. The number of carbonyl (C=O) groups is 2. The number of hydrogen-bond donors (Lipinski definition) is 3. The second kappa shape index (κ2) is 8.73. The minimum absolute atomic E-state index is 0.0128. The summed E-state index contributed by atoms with van der Waals surface area (Å²) >= 11 is 6.12. The van der Waals surface area contributed by atoms with E-state index in [4.69, 9.17) is 16.3 Å². The molecule has 144 valence electrons. The van der Waals surface area contributed by atoms with E-state index in [2.05, 4.69) is 16.0 Å². The first kappa shape index (κ1) is 20.5. The third-order valence-corrected chi connectivity index (χ3v) is 4.37. The highest BCUT2D eigenvalue weighted by molar-refractivity contribution is 6.30. The molecule has 3 N–H and O–H groups in total. The fraction of sp³-hybridized carbons (Fsp3) is 0.579. The van der Waals surface area contributed by atoms with Crippen LogP contribution in [0.5, 0.6) is 0 Å². The molecule has 1 aromatic carbocycles. The lowest BCUT2D eigenvalue weighted by Gasteiger charge is -2.23. The molecule has 1 aromatic rings. The molecule has 1 saturated heterocycles. The fourth-order valence-corrected chi connectivity index (χ4v) is 3.12. The topological polar surface area (TPSA) is 79.5 Å². The zero-order valence-corrected chi connectivity index (χ0v) is 16.6. The zero-order valence-electron chi connectivity index (χ0n) is 15.8. The number of alkyl carbamates (subject to hydrolysis) is 1. The van der Waals surface area contributed by atoms with Gasteiger partial charge in [-0.05, 0) is 70.3 Å². The summed E-state index contributed by atoms with van der Waals surface area (Å²) in [5.41, 5.74) is 1.20. The quantitative estimate of drug-likeness (QED) is 0.731. The van der Waals surface area contributed by atoms with Crippen LogP contribution >= 0.6 is 11.6 Å². The smallest absolute Gasteiger partial charge is 0.408 e. The number of nitrogens with one attached hydrogen (secondary N) is 3. The minimum Gasteiger partial charge on any atom is -0.444 e. The number of amides is 2. The van der Waals surface area contributed by atoms with Gasteiger partial charge in [0.1, 0.15) is 5.60 Å². The third-order valence-electron chi connectivity index (χ3n) is 4.13. The van der Waals surface area contributed by atoms with Gasteiger partial charge < -0.3 is 20.7 Å². The van der Waals surface area contributed by atoms with E-state index in [1.807, 2.05) is 39.8 Å². The van der Waals surface area contributed by atoms with Crippen LogP contribution in [0.3, 0.4) is 0 Å². The molecular formula is C19H28ClN3O3. The molecule has 2 atom stereocenters. The standard InChI is InChI=1S/C19H28ClN3O3/c1-12(23-18(25)26-19(2,3)4)15-8-7-14(20)10-13(15)11-22-17(24)16-6-5-9-21-16/h7-8,10,12,16,21H,5-6,9,11H2,1-4H3,(H,22,24)(H,23,25)/t12?,16-/m0/s1. The molecule has 0 aromatic heterocycles. The summed E-state index contributed by atoms with van der Waals surface area (Å²) in [6.07, 6.45) is 1.38. The van der Waals surface area contributed by atoms with Gasteiger partial charge in [0.15, 0.2) is 0 Å². The van der Waals surface area contributed by atoms with Crippen molar-refractivity contribution >= 4 is 23.6 Å². The summed E-state index contributed by atoms with van der Waals surface area (Å²) in [7, 11) is 0. The lowest BCUT2D eigenvalue weighted by atomic mass is 10.0. The van der Waals surface area contributed by atoms with Crippen LogP contribution in [0.1, 0.15) is 57.7 Å². The zero-order chi connectivity index (χ0) is 19.3. The van der Waals surface area contributed by atoms with Crippen LogP contribution in [-0.4, -0.2) is 30.2 Å². The third kappa shape index (κ3) is 6.18. The molecule has 26 heavy (non-hydrogen) atoms. The maximum atomic E-state index is 12.2. The highest BCUT2D eigenvalue weighted by Gasteiger charge is 2.23. The number of hydrogen-bond acceptors (Lipinski definition) is 4. The van der Waals surface area contributed by atoms with Crippen molar-refractivity contribution < 1.29 is 14.3 Å². The monoisotopic (exact) mass is 381 g/mol. The second-order valence-corrected chi connectivity index (χ2v) is 8.01. The van der Waals surface area contributed by atoms with E-state index in [0.717, 1.165) is 30.5 Å². The predicted octanol–water partition coefficient (Wildman–Crippen LogP) is 3.29. The molecule has 2 rings (SSSR count). The average Bonchev–Trinajstić information content (AvgIpc) is 3.05. The minimum atomic E-state index is -0.561. The molecule has 2 amide bonds. The summed E-state index contributed by atoms with van der Waals surface area (Å²) in [6, 6.07) is 5.04. The number of carbonyl (C=O) groups excluding carboxylic acids is 2. The summed E-state index contributed by atoms with van der Waals surface area (Å²) in [6.45, 7) is 8.55. The van der Waals surface area contributed by atoms with Crippen LogP contribution in [0.15, 0.2) is 18.2 Å². The number of rotatable bonds is 5. The first-order valence-electron chi connectivity index (χ1n) is 8.94. The SMILES string of the molecule is CC(NC(=O)OC(C)(C)C)c1ccc(Cl)cc1CNC(=O)[C@@H]1CCCN1. The Morgan fingerprint density at radius 3 is 2.73 bits per heavy atom. The van der Waals surface area contributed by atoms with Crippen LogP contribution in [0.2, 0.25) is 5.02 Å². The molecular weight excluding hydrogens is 354 g/mol. The molecule has 0 aliphatic carbocycles. The first-order valence-corrected chi connectivity index (χ1v) is 9.32. The van der Waals surface area contributed by atoms with Crippen LogP contribution in [0, 0.1) is 0 Å². The summed E-state index contributed by atoms with van der Waals surface area (Å²) in [5, 5.41) is 9.54. The Morgan fingerprint density at radius 2 is 2.12 bits per heavy atom. The maximum Gasteiger partial charge on any atom is 0.408 e. The normalized spacial score (nSPS) is 18.3. The average molecular weight is 382 g/mol. The van der Waals surface area contributed by atoms with Gasteiger partial charge in [-0.25, -0.2) is 4.79 Å².